The van der Waals surface area contributed by atoms with E-state index in [0.717, 1.165) is 12.1 Å². The molecule has 1 heterocycles. The van der Waals surface area contributed by atoms with Gasteiger partial charge in [-0.05, 0) is 41.8 Å². The van der Waals surface area contributed by atoms with E-state index < -0.39 is 24.3 Å². The molecule has 2 aromatic rings. The Bertz CT molecular complexity index is 1030. The Morgan fingerprint density at radius 3 is 2.59 bits per heavy atom. The number of amides is 2. The van der Waals surface area contributed by atoms with E-state index in [9.17, 15) is 31.5 Å². The standard InChI is InChI=1S/C23H23F5N2O4/c1-33-18-6-5-14(10-19(18)34-22(24)25)7-8-29-21(32)16-11-20(31)30(13-16)12-15-3-2-4-17(9-15)23(26,27)28/h2-6,9-10,16,22H,7-8,11-13H2,1H3,(H,29,32). The monoisotopic (exact) mass is 486 g/mol. The molecule has 1 fully saturated rings. The molecule has 1 aliphatic rings. The average molecular weight is 486 g/mol. The Kier molecular flexibility index (Phi) is 7.95. The van der Waals surface area contributed by atoms with Gasteiger partial charge in [0.05, 0.1) is 18.6 Å². The van der Waals surface area contributed by atoms with E-state index in [1.165, 1.54) is 36.3 Å². The summed E-state index contributed by atoms with van der Waals surface area (Å²) in [5.41, 5.74) is 0.155. The molecule has 2 amide bonds. The predicted molar refractivity (Wildman–Crippen MR) is 111 cm³/mol. The van der Waals surface area contributed by atoms with Crippen molar-refractivity contribution >= 4 is 11.8 Å². The first-order valence-electron chi connectivity index (χ1n) is 10.4. The Hall–Kier alpha value is -3.37. The number of halogens is 5. The van der Waals surface area contributed by atoms with Gasteiger partial charge in [-0.25, -0.2) is 0 Å². The Morgan fingerprint density at radius 2 is 1.91 bits per heavy atom. The molecule has 1 N–H and O–H groups in total. The maximum atomic E-state index is 12.9. The van der Waals surface area contributed by atoms with E-state index in [4.69, 9.17) is 4.74 Å². The number of rotatable bonds is 9. The van der Waals surface area contributed by atoms with Crippen LogP contribution in [0.1, 0.15) is 23.1 Å². The van der Waals surface area contributed by atoms with Crippen LogP contribution in [-0.4, -0.2) is 43.5 Å². The molecule has 6 nitrogen and oxygen atoms in total. The van der Waals surface area contributed by atoms with E-state index in [0.29, 0.717) is 17.5 Å². The number of carbonyl (C=O) groups excluding carboxylic acids is 2. The zero-order chi connectivity index (χ0) is 24.9. The number of benzene rings is 2. The van der Waals surface area contributed by atoms with Gasteiger partial charge in [-0.15, -0.1) is 0 Å². The highest BCUT2D eigenvalue weighted by Crippen LogP contribution is 2.31. The fraction of sp³-hybridized carbons (Fsp3) is 0.391. The van der Waals surface area contributed by atoms with Gasteiger partial charge in [-0.1, -0.05) is 18.2 Å². The van der Waals surface area contributed by atoms with Gasteiger partial charge in [0.1, 0.15) is 0 Å². The molecule has 3 rings (SSSR count). The van der Waals surface area contributed by atoms with Crippen LogP contribution < -0.4 is 14.8 Å². The third kappa shape index (κ3) is 6.58. The van der Waals surface area contributed by atoms with E-state index in [-0.39, 0.29) is 49.4 Å². The number of likely N-dealkylation sites (tertiary alicyclic amines) is 1. The molecule has 11 heteroatoms. The molecule has 0 aromatic heterocycles. The van der Waals surface area contributed by atoms with Crippen molar-refractivity contribution < 1.29 is 41.0 Å². The molecule has 0 saturated carbocycles. The van der Waals surface area contributed by atoms with E-state index in [1.54, 1.807) is 6.07 Å². The van der Waals surface area contributed by atoms with Crippen LogP contribution in [0.5, 0.6) is 11.5 Å². The Labute approximate surface area is 192 Å². The van der Waals surface area contributed by atoms with E-state index in [2.05, 4.69) is 10.1 Å². The third-order valence-electron chi connectivity index (χ3n) is 5.37. The van der Waals surface area contributed by atoms with Crippen molar-refractivity contribution in [2.24, 2.45) is 5.92 Å². The third-order valence-corrected chi connectivity index (χ3v) is 5.37. The van der Waals surface area contributed by atoms with E-state index >= 15 is 0 Å². The van der Waals surface area contributed by atoms with Crippen LogP contribution in [0.25, 0.3) is 0 Å². The topological polar surface area (TPSA) is 67.9 Å². The first kappa shape index (κ1) is 25.3. The Balaban J connectivity index is 1.52. The van der Waals surface area contributed by atoms with Crippen molar-refractivity contribution in [3.8, 4) is 11.5 Å². The van der Waals surface area contributed by atoms with Crippen molar-refractivity contribution in [2.45, 2.75) is 32.2 Å². The normalized spacial score (nSPS) is 16.1. The fourth-order valence-electron chi connectivity index (χ4n) is 3.71. The SMILES string of the molecule is COc1ccc(CCNC(=O)C2CC(=O)N(Cc3cccc(C(F)(F)F)c3)C2)cc1OC(F)F. The highest BCUT2D eigenvalue weighted by Gasteiger charge is 2.35. The second-order valence-corrected chi connectivity index (χ2v) is 7.78. The fourth-order valence-corrected chi connectivity index (χ4v) is 3.71. The molecule has 1 saturated heterocycles. The predicted octanol–water partition coefficient (Wildman–Crippen LogP) is 4.02. The summed E-state index contributed by atoms with van der Waals surface area (Å²) in [5.74, 6) is -1.28. The summed E-state index contributed by atoms with van der Waals surface area (Å²) in [6, 6.07) is 9.25. The highest BCUT2D eigenvalue weighted by molar-refractivity contribution is 5.89. The summed E-state index contributed by atoms with van der Waals surface area (Å²) in [6.07, 6.45) is -4.20. The smallest absolute Gasteiger partial charge is 0.416 e. The maximum Gasteiger partial charge on any atom is 0.416 e. The van der Waals surface area contributed by atoms with Crippen LogP contribution in [0.4, 0.5) is 22.0 Å². The minimum Gasteiger partial charge on any atom is -0.493 e. The lowest BCUT2D eigenvalue weighted by Gasteiger charge is -2.18. The van der Waals surface area contributed by atoms with Gasteiger partial charge >= 0.3 is 12.8 Å². The lowest BCUT2D eigenvalue weighted by atomic mass is 10.1. The number of hydrogen-bond acceptors (Lipinski definition) is 4. The molecule has 0 bridgehead atoms. The zero-order valence-corrected chi connectivity index (χ0v) is 18.2. The van der Waals surface area contributed by atoms with Crippen LogP contribution >= 0.6 is 0 Å². The van der Waals surface area contributed by atoms with Gasteiger partial charge in [0.25, 0.3) is 0 Å². The number of nitrogens with zero attached hydrogens (tertiary/aromatic N) is 1. The lowest BCUT2D eigenvalue weighted by Crippen LogP contribution is -2.34. The van der Waals surface area contributed by atoms with Crippen molar-refractivity contribution in [3.05, 3.63) is 59.2 Å². The molecule has 0 aliphatic carbocycles. The van der Waals surface area contributed by atoms with Crippen LogP contribution in [0.3, 0.4) is 0 Å². The van der Waals surface area contributed by atoms with Gasteiger partial charge in [0, 0.05) is 26.1 Å². The minimum absolute atomic E-state index is 0.0225. The van der Waals surface area contributed by atoms with Crippen molar-refractivity contribution in [2.75, 3.05) is 20.2 Å². The minimum atomic E-state index is -4.48. The molecular formula is C23H23F5N2O4. The lowest BCUT2D eigenvalue weighted by molar-refractivity contribution is -0.137. The summed E-state index contributed by atoms with van der Waals surface area (Å²) in [4.78, 5) is 26.1. The second-order valence-electron chi connectivity index (χ2n) is 7.78. The van der Waals surface area contributed by atoms with Gasteiger partial charge in [0.15, 0.2) is 11.5 Å². The zero-order valence-electron chi connectivity index (χ0n) is 18.2. The summed E-state index contributed by atoms with van der Waals surface area (Å²) in [5, 5.41) is 2.71. The summed E-state index contributed by atoms with van der Waals surface area (Å²) < 4.78 is 73.2. The van der Waals surface area contributed by atoms with Gasteiger partial charge in [0.2, 0.25) is 11.8 Å². The van der Waals surface area contributed by atoms with Crippen LogP contribution in [-0.2, 0) is 28.7 Å². The van der Waals surface area contributed by atoms with Gasteiger partial charge in [-0.3, -0.25) is 9.59 Å². The van der Waals surface area contributed by atoms with Gasteiger partial charge < -0.3 is 19.7 Å². The maximum absolute atomic E-state index is 12.9. The van der Waals surface area contributed by atoms with Crippen molar-refractivity contribution in [1.29, 1.82) is 0 Å². The number of alkyl halides is 5. The quantitative estimate of drug-likeness (QED) is 0.544. The largest absolute Gasteiger partial charge is 0.493 e. The number of hydrogen-bond donors (Lipinski definition) is 1. The molecular weight excluding hydrogens is 463 g/mol. The summed E-state index contributed by atoms with van der Waals surface area (Å²) in [7, 11) is 1.33. The molecule has 0 radical (unpaired) electrons. The summed E-state index contributed by atoms with van der Waals surface area (Å²) >= 11 is 0. The average Bonchev–Trinajstić information content (AvgIpc) is 3.13. The molecule has 1 aliphatic heterocycles. The highest BCUT2D eigenvalue weighted by atomic mass is 19.4. The number of carbonyl (C=O) groups is 2. The van der Waals surface area contributed by atoms with Crippen LogP contribution in [0.2, 0.25) is 0 Å². The first-order chi connectivity index (χ1) is 16.1. The van der Waals surface area contributed by atoms with Crippen LogP contribution in [0, 0.1) is 5.92 Å². The van der Waals surface area contributed by atoms with Crippen LogP contribution in [0.15, 0.2) is 42.5 Å². The molecule has 34 heavy (non-hydrogen) atoms. The van der Waals surface area contributed by atoms with Crippen molar-refractivity contribution in [3.63, 3.8) is 0 Å². The van der Waals surface area contributed by atoms with Gasteiger partial charge in [-0.2, -0.15) is 22.0 Å². The molecule has 1 unspecified atom stereocenters. The number of methoxy groups -OCH3 is 1. The molecule has 1 atom stereocenters. The number of nitrogens with one attached hydrogen (secondary N) is 1. The number of ether oxygens (including phenoxy) is 2. The van der Waals surface area contributed by atoms with E-state index in [1.807, 2.05) is 0 Å². The Morgan fingerprint density at radius 1 is 1.15 bits per heavy atom. The molecule has 2 aromatic carbocycles. The molecule has 184 valence electrons. The second kappa shape index (κ2) is 10.7. The summed E-state index contributed by atoms with van der Waals surface area (Å²) in [6.45, 7) is -2.75. The first-order valence-corrected chi connectivity index (χ1v) is 10.4. The molecule has 0 spiro atoms. The van der Waals surface area contributed by atoms with Crippen molar-refractivity contribution in [1.82, 2.24) is 10.2 Å².